The Labute approximate surface area is 118 Å². The molecule has 1 heterocycles. The second-order valence-electron chi connectivity index (χ2n) is 4.97. The van der Waals surface area contributed by atoms with Crippen molar-refractivity contribution < 1.29 is 9.53 Å². The average molecular weight is 267 g/mol. The van der Waals surface area contributed by atoms with Crippen LogP contribution in [-0.2, 0) is 11.2 Å². The molecular weight excluding hydrogens is 250 g/mol. The fourth-order valence-corrected chi connectivity index (χ4v) is 2.38. The van der Waals surface area contributed by atoms with Gasteiger partial charge in [-0.3, -0.25) is 4.79 Å². The number of nitrogens with zero attached hydrogens (tertiary/aromatic N) is 1. The largest absolute Gasteiger partial charge is 0.482 e. The summed E-state index contributed by atoms with van der Waals surface area (Å²) in [6, 6.07) is 14.5. The molecule has 1 amide bonds. The van der Waals surface area contributed by atoms with Crippen LogP contribution in [0.2, 0.25) is 0 Å². The zero-order valence-electron chi connectivity index (χ0n) is 11.7. The van der Waals surface area contributed by atoms with E-state index in [4.69, 9.17) is 4.74 Å². The first-order valence-electron chi connectivity index (χ1n) is 6.81. The smallest absolute Gasteiger partial charge is 0.264 e. The molecule has 3 rings (SSSR count). The van der Waals surface area contributed by atoms with Crippen LogP contribution in [0, 0.1) is 0 Å². The summed E-state index contributed by atoms with van der Waals surface area (Å²) in [7, 11) is 1.79. The molecule has 0 unspecified atom stereocenters. The van der Waals surface area contributed by atoms with E-state index in [1.807, 2.05) is 18.2 Å². The van der Waals surface area contributed by atoms with Gasteiger partial charge in [-0.05, 0) is 35.2 Å². The van der Waals surface area contributed by atoms with Gasteiger partial charge in [-0.15, -0.1) is 0 Å². The molecule has 0 fully saturated rings. The quantitative estimate of drug-likeness (QED) is 0.835. The number of hydrogen-bond acceptors (Lipinski definition) is 2. The van der Waals surface area contributed by atoms with E-state index in [1.54, 1.807) is 11.9 Å². The third-order valence-corrected chi connectivity index (χ3v) is 3.74. The number of ether oxygens (including phenoxy) is 1. The molecule has 0 saturated carbocycles. The van der Waals surface area contributed by atoms with E-state index in [-0.39, 0.29) is 12.5 Å². The first kappa shape index (κ1) is 12.7. The van der Waals surface area contributed by atoms with Gasteiger partial charge in [0.1, 0.15) is 5.75 Å². The van der Waals surface area contributed by atoms with Crippen molar-refractivity contribution in [3.8, 4) is 16.9 Å². The van der Waals surface area contributed by atoms with Gasteiger partial charge in [-0.2, -0.15) is 0 Å². The van der Waals surface area contributed by atoms with Gasteiger partial charge in [0, 0.05) is 7.05 Å². The predicted octanol–water partition coefficient (Wildman–Crippen LogP) is 3.27. The van der Waals surface area contributed by atoms with Crippen molar-refractivity contribution in [2.45, 2.75) is 13.3 Å². The third-order valence-electron chi connectivity index (χ3n) is 3.74. The Morgan fingerprint density at radius 2 is 1.80 bits per heavy atom. The fraction of sp³-hybridized carbons (Fsp3) is 0.235. The molecule has 1 aliphatic heterocycles. The summed E-state index contributed by atoms with van der Waals surface area (Å²) in [4.78, 5) is 13.3. The van der Waals surface area contributed by atoms with E-state index < -0.39 is 0 Å². The molecule has 102 valence electrons. The molecule has 2 aromatic rings. The number of aryl methyl sites for hydroxylation is 1. The lowest BCUT2D eigenvalue weighted by molar-refractivity contribution is -0.120. The molecule has 0 N–H and O–H groups in total. The summed E-state index contributed by atoms with van der Waals surface area (Å²) in [6.45, 7) is 2.26. The molecule has 1 aliphatic rings. The van der Waals surface area contributed by atoms with Crippen molar-refractivity contribution in [1.82, 2.24) is 0 Å². The number of hydrogen-bond donors (Lipinski definition) is 0. The second kappa shape index (κ2) is 5.00. The SMILES string of the molecule is CCc1ccc(-c2ccc3c(c2)N(C)C(=O)CO3)cc1. The Kier molecular flexibility index (Phi) is 3.18. The van der Waals surface area contributed by atoms with Crippen LogP contribution in [0.25, 0.3) is 11.1 Å². The van der Waals surface area contributed by atoms with Crippen molar-refractivity contribution >= 4 is 11.6 Å². The van der Waals surface area contributed by atoms with E-state index in [0.717, 1.165) is 29.0 Å². The molecule has 3 nitrogen and oxygen atoms in total. The summed E-state index contributed by atoms with van der Waals surface area (Å²) < 4.78 is 5.44. The van der Waals surface area contributed by atoms with Gasteiger partial charge in [0.25, 0.3) is 5.91 Å². The first-order chi connectivity index (χ1) is 9.69. The summed E-state index contributed by atoms with van der Waals surface area (Å²) >= 11 is 0. The van der Waals surface area contributed by atoms with E-state index >= 15 is 0 Å². The van der Waals surface area contributed by atoms with Crippen LogP contribution in [-0.4, -0.2) is 19.6 Å². The fourth-order valence-electron chi connectivity index (χ4n) is 2.38. The second-order valence-corrected chi connectivity index (χ2v) is 4.97. The Bertz CT molecular complexity index is 647. The average Bonchev–Trinajstić information content (AvgIpc) is 2.51. The van der Waals surface area contributed by atoms with Crippen molar-refractivity contribution in [2.75, 3.05) is 18.6 Å². The standard InChI is InChI=1S/C17H17NO2/c1-3-12-4-6-13(7-5-12)14-8-9-16-15(10-14)18(2)17(19)11-20-16/h4-10H,3,11H2,1-2H3. The van der Waals surface area contributed by atoms with Crippen LogP contribution in [0.1, 0.15) is 12.5 Å². The number of carbonyl (C=O) groups excluding carboxylic acids is 1. The molecule has 2 aromatic carbocycles. The van der Waals surface area contributed by atoms with E-state index in [2.05, 4.69) is 31.2 Å². The molecule has 20 heavy (non-hydrogen) atoms. The summed E-state index contributed by atoms with van der Waals surface area (Å²) in [6.07, 6.45) is 1.04. The number of likely N-dealkylation sites (N-methyl/N-ethyl adjacent to an activating group) is 1. The van der Waals surface area contributed by atoms with Crippen LogP contribution in [0.5, 0.6) is 5.75 Å². The maximum absolute atomic E-state index is 11.7. The van der Waals surface area contributed by atoms with Crippen LogP contribution < -0.4 is 9.64 Å². The van der Waals surface area contributed by atoms with Crippen molar-refractivity contribution in [3.05, 3.63) is 48.0 Å². The van der Waals surface area contributed by atoms with Crippen molar-refractivity contribution in [1.29, 1.82) is 0 Å². The molecule has 0 atom stereocenters. The number of anilines is 1. The van der Waals surface area contributed by atoms with Gasteiger partial charge in [0.15, 0.2) is 6.61 Å². The maximum atomic E-state index is 11.7. The maximum Gasteiger partial charge on any atom is 0.264 e. The Balaban J connectivity index is 2.00. The molecule has 0 aliphatic carbocycles. The highest BCUT2D eigenvalue weighted by molar-refractivity contribution is 5.98. The molecule has 0 radical (unpaired) electrons. The van der Waals surface area contributed by atoms with Gasteiger partial charge in [-0.1, -0.05) is 37.3 Å². The Morgan fingerprint density at radius 1 is 1.10 bits per heavy atom. The Hall–Kier alpha value is -2.29. The summed E-state index contributed by atoms with van der Waals surface area (Å²) in [5.41, 5.74) is 4.40. The zero-order chi connectivity index (χ0) is 14.1. The van der Waals surface area contributed by atoms with Gasteiger partial charge < -0.3 is 9.64 Å². The van der Waals surface area contributed by atoms with Crippen LogP contribution >= 0.6 is 0 Å². The minimum atomic E-state index is -0.0176. The lowest BCUT2D eigenvalue weighted by Crippen LogP contribution is -2.35. The zero-order valence-corrected chi connectivity index (χ0v) is 11.7. The number of amides is 1. The predicted molar refractivity (Wildman–Crippen MR) is 80.2 cm³/mol. The molecule has 3 heteroatoms. The first-order valence-corrected chi connectivity index (χ1v) is 6.81. The van der Waals surface area contributed by atoms with Crippen molar-refractivity contribution in [3.63, 3.8) is 0 Å². The van der Waals surface area contributed by atoms with Gasteiger partial charge in [0.2, 0.25) is 0 Å². The minimum absolute atomic E-state index is 0.0176. The number of fused-ring (bicyclic) bond motifs is 1. The van der Waals surface area contributed by atoms with Gasteiger partial charge >= 0.3 is 0 Å². The van der Waals surface area contributed by atoms with Crippen LogP contribution in [0.4, 0.5) is 5.69 Å². The molecular formula is C17H17NO2. The van der Waals surface area contributed by atoms with Crippen LogP contribution in [0.15, 0.2) is 42.5 Å². The van der Waals surface area contributed by atoms with E-state index in [1.165, 1.54) is 5.56 Å². The number of rotatable bonds is 2. The molecule has 0 saturated heterocycles. The van der Waals surface area contributed by atoms with Crippen molar-refractivity contribution in [2.24, 2.45) is 0 Å². The summed E-state index contributed by atoms with van der Waals surface area (Å²) in [5, 5.41) is 0. The molecule has 0 aromatic heterocycles. The van der Waals surface area contributed by atoms with E-state index in [0.29, 0.717) is 0 Å². The van der Waals surface area contributed by atoms with Gasteiger partial charge in [0.05, 0.1) is 5.69 Å². The highest BCUT2D eigenvalue weighted by atomic mass is 16.5. The monoisotopic (exact) mass is 267 g/mol. The number of benzene rings is 2. The van der Waals surface area contributed by atoms with Gasteiger partial charge in [-0.25, -0.2) is 0 Å². The normalized spacial score (nSPS) is 13.9. The highest BCUT2D eigenvalue weighted by Crippen LogP contribution is 2.35. The lowest BCUT2D eigenvalue weighted by atomic mass is 10.0. The Morgan fingerprint density at radius 3 is 2.50 bits per heavy atom. The third kappa shape index (κ3) is 2.16. The summed E-state index contributed by atoms with van der Waals surface area (Å²) in [5.74, 6) is 0.747. The topological polar surface area (TPSA) is 29.5 Å². The highest BCUT2D eigenvalue weighted by Gasteiger charge is 2.22. The van der Waals surface area contributed by atoms with Crippen LogP contribution in [0.3, 0.4) is 0 Å². The minimum Gasteiger partial charge on any atom is -0.482 e. The lowest BCUT2D eigenvalue weighted by Gasteiger charge is -2.26. The van der Waals surface area contributed by atoms with E-state index in [9.17, 15) is 4.79 Å². The number of carbonyl (C=O) groups is 1. The molecule has 0 spiro atoms. The molecule has 0 bridgehead atoms.